The van der Waals surface area contributed by atoms with Crippen molar-refractivity contribution >= 4 is 22.3 Å². The number of hydrogen-bond donors (Lipinski definition) is 1. The summed E-state index contributed by atoms with van der Waals surface area (Å²) in [6.45, 7) is 11.6. The van der Waals surface area contributed by atoms with Crippen LogP contribution in [0.15, 0.2) is 61.7 Å². The van der Waals surface area contributed by atoms with Gasteiger partial charge in [0.1, 0.15) is 5.82 Å². The van der Waals surface area contributed by atoms with E-state index < -0.39 is 0 Å². The Balaban J connectivity index is 1.38. The molecule has 1 aliphatic heterocycles. The number of benzene rings is 1. The number of fused-ring (bicyclic) bond motifs is 1. The maximum Gasteiger partial charge on any atom is 0.130 e. The van der Waals surface area contributed by atoms with Crippen LogP contribution in [-0.4, -0.2) is 62.8 Å². The smallest absolute Gasteiger partial charge is 0.130 e. The number of aromatic nitrogens is 4. The first-order valence-electron chi connectivity index (χ1n) is 11.7. The van der Waals surface area contributed by atoms with Gasteiger partial charge in [-0.3, -0.25) is 14.6 Å². The summed E-state index contributed by atoms with van der Waals surface area (Å²) >= 11 is 0. The Hall–Kier alpha value is -3.55. The summed E-state index contributed by atoms with van der Waals surface area (Å²) in [4.78, 5) is 14.1. The molecule has 1 saturated heterocycles. The lowest BCUT2D eigenvalue weighted by Crippen LogP contribution is -2.44. The molecule has 7 nitrogen and oxygen atoms in total. The molecule has 7 heteroatoms. The molecular formula is C27H31N7. The van der Waals surface area contributed by atoms with Gasteiger partial charge in [0, 0.05) is 86.3 Å². The topological polar surface area (TPSA) is 62.1 Å². The van der Waals surface area contributed by atoms with Crippen LogP contribution in [0, 0.1) is 6.92 Å². The molecule has 0 aliphatic carbocycles. The van der Waals surface area contributed by atoms with Crippen molar-refractivity contribution in [2.75, 3.05) is 38.5 Å². The first-order valence-corrected chi connectivity index (χ1v) is 11.7. The fraction of sp³-hybridized carbons (Fsp3) is 0.296. The van der Waals surface area contributed by atoms with E-state index in [4.69, 9.17) is 0 Å². The summed E-state index contributed by atoms with van der Waals surface area (Å²) in [7, 11) is 4.11. The van der Waals surface area contributed by atoms with Crippen molar-refractivity contribution in [2.24, 2.45) is 7.05 Å². The highest BCUT2D eigenvalue weighted by Gasteiger charge is 2.18. The molecule has 0 bridgehead atoms. The van der Waals surface area contributed by atoms with Gasteiger partial charge in [0.2, 0.25) is 0 Å². The average molecular weight is 454 g/mol. The third-order valence-electron chi connectivity index (χ3n) is 6.61. The largest absolute Gasteiger partial charge is 0.340 e. The number of aryl methyl sites for hydroxylation is 2. The molecule has 4 aromatic rings. The first-order chi connectivity index (χ1) is 16.5. The summed E-state index contributed by atoms with van der Waals surface area (Å²) in [5, 5.41) is 9.96. The lowest BCUT2D eigenvalue weighted by molar-refractivity contribution is 0.148. The van der Waals surface area contributed by atoms with E-state index in [1.165, 1.54) is 5.56 Å². The van der Waals surface area contributed by atoms with Gasteiger partial charge >= 0.3 is 0 Å². The van der Waals surface area contributed by atoms with Gasteiger partial charge in [-0.1, -0.05) is 18.7 Å². The van der Waals surface area contributed by atoms with E-state index in [0.29, 0.717) is 0 Å². The predicted molar refractivity (Wildman–Crippen MR) is 138 cm³/mol. The van der Waals surface area contributed by atoms with E-state index in [2.05, 4.69) is 81.1 Å². The second-order valence-corrected chi connectivity index (χ2v) is 9.14. The molecule has 3 aromatic heterocycles. The Bertz CT molecular complexity index is 1330. The Labute approximate surface area is 200 Å². The van der Waals surface area contributed by atoms with Crippen LogP contribution in [0.5, 0.6) is 0 Å². The number of nitrogens with zero attached hydrogens (tertiary/aromatic N) is 6. The van der Waals surface area contributed by atoms with Crippen molar-refractivity contribution in [3.63, 3.8) is 0 Å². The van der Waals surface area contributed by atoms with Crippen LogP contribution >= 0.6 is 0 Å². The number of hydrogen-bond acceptors (Lipinski definition) is 6. The Morgan fingerprint density at radius 3 is 2.56 bits per heavy atom. The van der Waals surface area contributed by atoms with E-state index in [0.717, 1.165) is 77.4 Å². The quantitative estimate of drug-likeness (QED) is 0.473. The highest BCUT2D eigenvalue weighted by molar-refractivity contribution is 5.89. The lowest BCUT2D eigenvalue weighted by Gasteiger charge is -2.33. The minimum atomic E-state index is 0.779. The molecule has 0 saturated carbocycles. The van der Waals surface area contributed by atoms with Gasteiger partial charge in [0.15, 0.2) is 0 Å². The van der Waals surface area contributed by atoms with Crippen molar-refractivity contribution in [1.29, 1.82) is 0 Å². The molecule has 0 spiro atoms. The summed E-state index contributed by atoms with van der Waals surface area (Å²) in [6, 6.07) is 10.5. The van der Waals surface area contributed by atoms with Crippen molar-refractivity contribution < 1.29 is 0 Å². The van der Waals surface area contributed by atoms with Crippen LogP contribution in [0.4, 0.5) is 5.82 Å². The van der Waals surface area contributed by atoms with Gasteiger partial charge in [0.25, 0.3) is 0 Å². The number of likely N-dealkylation sites (N-methyl/N-ethyl adjacent to an activating group) is 1. The number of nitrogens with one attached hydrogen (secondary N) is 1. The van der Waals surface area contributed by atoms with Gasteiger partial charge in [0.05, 0.1) is 6.20 Å². The summed E-state index contributed by atoms with van der Waals surface area (Å²) in [6.07, 6.45) is 7.67. The van der Waals surface area contributed by atoms with Gasteiger partial charge in [-0.2, -0.15) is 5.10 Å². The van der Waals surface area contributed by atoms with Crippen LogP contribution in [0.2, 0.25) is 0 Å². The summed E-state index contributed by atoms with van der Waals surface area (Å²) < 4.78 is 1.82. The zero-order valence-corrected chi connectivity index (χ0v) is 20.1. The normalized spacial score (nSPS) is 15.0. The van der Waals surface area contributed by atoms with Gasteiger partial charge < -0.3 is 10.2 Å². The molecule has 0 amide bonds. The highest BCUT2D eigenvalue weighted by atomic mass is 15.2. The van der Waals surface area contributed by atoms with Crippen molar-refractivity contribution in [1.82, 2.24) is 29.5 Å². The second kappa shape index (κ2) is 9.37. The van der Waals surface area contributed by atoms with Crippen molar-refractivity contribution in [2.45, 2.75) is 13.5 Å². The molecule has 174 valence electrons. The van der Waals surface area contributed by atoms with Crippen molar-refractivity contribution in [3.8, 4) is 11.1 Å². The molecule has 4 heterocycles. The van der Waals surface area contributed by atoms with Crippen LogP contribution in [0.3, 0.4) is 0 Å². The van der Waals surface area contributed by atoms with Crippen LogP contribution in [0.25, 0.3) is 27.6 Å². The molecule has 1 aliphatic rings. The molecule has 34 heavy (non-hydrogen) atoms. The SMILES string of the molecule is C=C(Nc1cc2cc(-c3cnn(C)c3)ccc2cn1)c1ccnc(C)c1CN1CCN(C)CC1. The molecule has 0 radical (unpaired) electrons. The monoisotopic (exact) mass is 453 g/mol. The molecule has 1 aromatic carbocycles. The van der Waals surface area contributed by atoms with Crippen LogP contribution < -0.4 is 5.32 Å². The third kappa shape index (κ3) is 4.71. The number of pyridine rings is 2. The summed E-state index contributed by atoms with van der Waals surface area (Å²) in [5.74, 6) is 0.779. The lowest BCUT2D eigenvalue weighted by atomic mass is 10.0. The van der Waals surface area contributed by atoms with Gasteiger partial charge in [-0.15, -0.1) is 0 Å². The maximum atomic E-state index is 4.64. The zero-order chi connectivity index (χ0) is 23.7. The highest BCUT2D eigenvalue weighted by Crippen LogP contribution is 2.27. The molecule has 0 unspecified atom stereocenters. The zero-order valence-electron chi connectivity index (χ0n) is 20.1. The van der Waals surface area contributed by atoms with Gasteiger partial charge in [-0.05, 0) is 48.7 Å². The minimum Gasteiger partial charge on any atom is -0.340 e. The minimum absolute atomic E-state index is 0.779. The molecule has 1 fully saturated rings. The molecular weight excluding hydrogens is 422 g/mol. The molecule has 0 atom stereocenters. The maximum absolute atomic E-state index is 4.64. The van der Waals surface area contributed by atoms with Gasteiger partial charge in [-0.25, -0.2) is 4.98 Å². The molecule has 1 N–H and O–H groups in total. The van der Waals surface area contributed by atoms with E-state index in [1.807, 2.05) is 36.5 Å². The third-order valence-corrected chi connectivity index (χ3v) is 6.61. The molecule has 5 rings (SSSR count). The number of rotatable bonds is 6. The first kappa shape index (κ1) is 22.3. The van der Waals surface area contributed by atoms with Crippen LogP contribution in [0.1, 0.15) is 16.8 Å². The summed E-state index contributed by atoms with van der Waals surface area (Å²) in [5.41, 5.74) is 6.44. The standard InChI is InChI=1S/C27H31N7/c1-19-26(18-34-11-9-32(3)10-12-34)25(7-8-28-19)20(2)31-27-14-23-13-21(5-6-22(23)15-29-27)24-16-30-33(4)17-24/h5-8,13-17H,2,9-12,18H2,1,3-4H3,(H,29,31). The van der Waals surface area contributed by atoms with Crippen LogP contribution in [-0.2, 0) is 13.6 Å². The Morgan fingerprint density at radius 1 is 0.971 bits per heavy atom. The van der Waals surface area contributed by atoms with E-state index in [1.54, 1.807) is 0 Å². The van der Waals surface area contributed by atoms with E-state index in [-0.39, 0.29) is 0 Å². The van der Waals surface area contributed by atoms with Crippen molar-refractivity contribution in [3.05, 3.63) is 78.5 Å². The fourth-order valence-electron chi connectivity index (χ4n) is 4.49. The fourth-order valence-corrected chi connectivity index (χ4v) is 4.49. The predicted octanol–water partition coefficient (Wildman–Crippen LogP) is 4.17. The average Bonchev–Trinajstić information content (AvgIpc) is 3.27. The second-order valence-electron chi connectivity index (χ2n) is 9.14. The van der Waals surface area contributed by atoms with E-state index >= 15 is 0 Å². The Kier molecular flexibility index (Phi) is 6.13. The number of anilines is 1. The number of piperazine rings is 1. The Morgan fingerprint density at radius 2 is 1.79 bits per heavy atom. The van der Waals surface area contributed by atoms with E-state index in [9.17, 15) is 0 Å².